The fourth-order valence-corrected chi connectivity index (χ4v) is 6.74. The molecule has 1 amide bonds. The van der Waals surface area contributed by atoms with Gasteiger partial charge in [-0.1, -0.05) is 12.1 Å². The van der Waals surface area contributed by atoms with Gasteiger partial charge in [-0.25, -0.2) is 13.1 Å². The van der Waals surface area contributed by atoms with Crippen molar-refractivity contribution in [3.63, 3.8) is 0 Å². The van der Waals surface area contributed by atoms with Gasteiger partial charge >= 0.3 is 5.69 Å². The number of nitro benzene ring substituents is 1. The van der Waals surface area contributed by atoms with Gasteiger partial charge in [0.2, 0.25) is 5.88 Å². The number of nitro groups is 1. The molecule has 2 aliphatic rings. The minimum absolute atomic E-state index is 0.0693. The molecule has 0 atom stereocenters. The first-order chi connectivity index (χ1) is 21.5. The fraction of sp³-hybridized carbons (Fsp3) is 0.355. The number of aromatic amines is 1. The topological polar surface area (TPSA) is 177 Å². The number of para-hydroxylation sites is 1. The summed E-state index contributed by atoms with van der Waals surface area (Å²) in [5.41, 5.74) is 0.575. The van der Waals surface area contributed by atoms with Gasteiger partial charge in [0, 0.05) is 24.2 Å². The maximum Gasteiger partial charge on any atom is 0.312 e. The van der Waals surface area contributed by atoms with Gasteiger partial charge in [-0.05, 0) is 81.3 Å². The second kappa shape index (κ2) is 12.0. The molecule has 0 radical (unpaired) electrons. The van der Waals surface area contributed by atoms with E-state index in [4.69, 9.17) is 9.47 Å². The van der Waals surface area contributed by atoms with Crippen LogP contribution in [-0.2, 0) is 10.0 Å². The van der Waals surface area contributed by atoms with Crippen LogP contribution in [0.15, 0.2) is 65.7 Å². The number of nitrogens with zero attached hydrogens (tertiary/aromatic N) is 3. The Morgan fingerprint density at radius 2 is 1.98 bits per heavy atom. The molecule has 1 aliphatic carbocycles. The number of benzene rings is 2. The Kier molecular flexibility index (Phi) is 8.10. The van der Waals surface area contributed by atoms with Crippen molar-refractivity contribution in [3.8, 4) is 11.6 Å². The molecular formula is C31H33N5O8S. The minimum atomic E-state index is -4.51. The van der Waals surface area contributed by atoms with Gasteiger partial charge in [-0.3, -0.25) is 14.9 Å². The Morgan fingerprint density at radius 1 is 1.20 bits per heavy atom. The van der Waals surface area contributed by atoms with Crippen molar-refractivity contribution >= 4 is 44.0 Å². The first-order valence-electron chi connectivity index (χ1n) is 14.7. The van der Waals surface area contributed by atoms with Gasteiger partial charge < -0.3 is 24.5 Å². The van der Waals surface area contributed by atoms with E-state index >= 15 is 0 Å². The lowest BCUT2D eigenvalue weighted by molar-refractivity contribution is -0.386. The van der Waals surface area contributed by atoms with E-state index in [1.165, 1.54) is 18.2 Å². The SMILES string of the molecule is CC1(O)CCC(COc2ccc(S(=O)(=O)NC(=O)c3ccccc3N3CCCOc4nc5[nH]ccc5cc43)cc2[N+](=O)[O-])CC1. The second-order valence-electron chi connectivity index (χ2n) is 11.7. The second-order valence-corrected chi connectivity index (χ2v) is 13.4. The summed E-state index contributed by atoms with van der Waals surface area (Å²) in [4.78, 5) is 33.7. The highest BCUT2D eigenvalue weighted by Gasteiger charge is 2.31. The number of aromatic nitrogens is 2. The lowest BCUT2D eigenvalue weighted by atomic mass is 9.80. The van der Waals surface area contributed by atoms with Gasteiger partial charge in [0.25, 0.3) is 15.9 Å². The van der Waals surface area contributed by atoms with Gasteiger partial charge in [0.05, 0.1) is 39.9 Å². The molecule has 3 heterocycles. The number of ether oxygens (including phenoxy) is 2. The molecule has 6 rings (SSSR count). The maximum absolute atomic E-state index is 13.5. The van der Waals surface area contributed by atoms with E-state index in [1.54, 1.807) is 31.3 Å². The zero-order valence-corrected chi connectivity index (χ0v) is 25.4. The number of H-pyrrole nitrogens is 1. The number of hydrogen-bond donors (Lipinski definition) is 3. The predicted octanol–water partition coefficient (Wildman–Crippen LogP) is 4.83. The number of rotatable bonds is 8. The largest absolute Gasteiger partial charge is 0.487 e. The Labute approximate surface area is 259 Å². The summed E-state index contributed by atoms with van der Waals surface area (Å²) in [5, 5.41) is 22.9. The lowest BCUT2D eigenvalue weighted by Gasteiger charge is -2.32. The van der Waals surface area contributed by atoms with Gasteiger partial charge in [-0.15, -0.1) is 0 Å². The zero-order valence-electron chi connectivity index (χ0n) is 24.6. The summed E-state index contributed by atoms with van der Waals surface area (Å²) in [7, 11) is -4.51. The van der Waals surface area contributed by atoms with Crippen molar-refractivity contribution in [3.05, 3.63) is 76.5 Å². The van der Waals surface area contributed by atoms with Crippen LogP contribution < -0.4 is 19.1 Å². The third-order valence-corrected chi connectivity index (χ3v) is 9.63. The summed E-state index contributed by atoms with van der Waals surface area (Å²) in [6.07, 6.45) is 5.02. The van der Waals surface area contributed by atoms with Gasteiger partial charge in [0.1, 0.15) is 11.3 Å². The molecule has 0 saturated heterocycles. The third kappa shape index (κ3) is 6.42. The molecule has 1 aliphatic heterocycles. The lowest BCUT2D eigenvalue weighted by Crippen LogP contribution is -2.32. The van der Waals surface area contributed by atoms with Crippen molar-refractivity contribution < 1.29 is 32.7 Å². The number of nitrogens with one attached hydrogen (secondary N) is 2. The predicted molar refractivity (Wildman–Crippen MR) is 165 cm³/mol. The molecule has 45 heavy (non-hydrogen) atoms. The normalized spacial score (nSPS) is 20.1. The van der Waals surface area contributed by atoms with Crippen LogP contribution in [0.5, 0.6) is 11.6 Å². The van der Waals surface area contributed by atoms with Crippen LogP contribution in [0.25, 0.3) is 11.0 Å². The zero-order chi connectivity index (χ0) is 31.8. The smallest absolute Gasteiger partial charge is 0.312 e. The summed E-state index contributed by atoms with van der Waals surface area (Å²) in [6, 6.07) is 13.6. The maximum atomic E-state index is 13.5. The summed E-state index contributed by atoms with van der Waals surface area (Å²) in [6.45, 7) is 2.88. The molecule has 0 unspecified atom stereocenters. The van der Waals surface area contributed by atoms with E-state index in [9.17, 15) is 28.4 Å². The number of pyridine rings is 1. The highest BCUT2D eigenvalue weighted by molar-refractivity contribution is 7.90. The van der Waals surface area contributed by atoms with E-state index in [-0.39, 0.29) is 23.8 Å². The molecular weight excluding hydrogens is 602 g/mol. The summed E-state index contributed by atoms with van der Waals surface area (Å²) < 4.78 is 40.4. The average molecular weight is 636 g/mol. The Morgan fingerprint density at radius 3 is 2.76 bits per heavy atom. The van der Waals surface area contributed by atoms with Gasteiger partial charge in [0.15, 0.2) is 5.75 Å². The average Bonchev–Trinajstić information content (AvgIpc) is 3.37. The number of carbonyl (C=O) groups is 1. The van der Waals surface area contributed by atoms with E-state index < -0.39 is 37.0 Å². The highest BCUT2D eigenvalue weighted by Crippen LogP contribution is 2.39. The van der Waals surface area contributed by atoms with Gasteiger partial charge in [-0.2, -0.15) is 4.98 Å². The van der Waals surface area contributed by atoms with Crippen molar-refractivity contribution in [1.82, 2.24) is 14.7 Å². The van der Waals surface area contributed by atoms with E-state index in [1.807, 2.05) is 17.0 Å². The Hall–Kier alpha value is -4.69. The van der Waals surface area contributed by atoms with Crippen molar-refractivity contribution in [2.75, 3.05) is 24.7 Å². The number of fused-ring (bicyclic) bond motifs is 2. The fourth-order valence-electron chi connectivity index (χ4n) is 5.76. The van der Waals surface area contributed by atoms with E-state index in [0.717, 1.165) is 11.5 Å². The molecule has 0 bridgehead atoms. The molecule has 13 nitrogen and oxygen atoms in total. The van der Waals surface area contributed by atoms with Crippen LogP contribution in [-0.4, -0.2) is 59.7 Å². The van der Waals surface area contributed by atoms with Crippen LogP contribution in [0.3, 0.4) is 0 Å². The number of anilines is 2. The molecule has 1 fully saturated rings. The van der Waals surface area contributed by atoms with E-state index in [0.29, 0.717) is 68.2 Å². The first kappa shape index (κ1) is 30.3. The van der Waals surface area contributed by atoms with Crippen LogP contribution >= 0.6 is 0 Å². The third-order valence-electron chi connectivity index (χ3n) is 8.30. The van der Waals surface area contributed by atoms with Crippen molar-refractivity contribution in [1.29, 1.82) is 0 Å². The molecule has 0 spiro atoms. The molecule has 2 aromatic carbocycles. The highest BCUT2D eigenvalue weighted by atomic mass is 32.2. The number of aliphatic hydroxyl groups is 1. The summed E-state index contributed by atoms with van der Waals surface area (Å²) in [5.74, 6) is -0.472. The molecule has 4 aromatic rings. The molecule has 14 heteroatoms. The number of amides is 1. The van der Waals surface area contributed by atoms with Crippen LogP contribution in [0.1, 0.15) is 49.4 Å². The minimum Gasteiger partial charge on any atom is -0.487 e. The van der Waals surface area contributed by atoms with Crippen LogP contribution in [0, 0.1) is 16.0 Å². The molecule has 1 saturated carbocycles. The molecule has 236 valence electrons. The quantitative estimate of drug-likeness (QED) is 0.179. The first-order valence-corrected chi connectivity index (χ1v) is 16.2. The Bertz CT molecular complexity index is 1860. The number of hydrogen-bond acceptors (Lipinski definition) is 10. The Balaban J connectivity index is 1.23. The molecule has 3 N–H and O–H groups in total. The van der Waals surface area contributed by atoms with Crippen LogP contribution in [0.2, 0.25) is 0 Å². The van der Waals surface area contributed by atoms with Crippen molar-refractivity contribution in [2.45, 2.75) is 49.5 Å². The standard InChI is InChI=1S/C31H33N5O8S/c1-31(38)12-9-20(10-13-31)19-44-27-8-7-22(18-25(27)36(39)40)45(41,42)34-29(37)23-5-2-3-6-24(23)35-15-4-16-43-30-26(35)17-21-11-14-32-28(21)33-30/h2-3,5-8,11,14,17-18,20,38H,4,9-10,12-13,15-16,19H2,1H3,(H,32,33)(H,34,37). The number of sulfonamides is 1. The van der Waals surface area contributed by atoms with E-state index in [2.05, 4.69) is 14.7 Å². The molecule has 2 aromatic heterocycles. The summed E-state index contributed by atoms with van der Waals surface area (Å²) >= 11 is 0. The van der Waals surface area contributed by atoms with Crippen molar-refractivity contribution in [2.24, 2.45) is 5.92 Å². The van der Waals surface area contributed by atoms with Crippen LogP contribution in [0.4, 0.5) is 17.1 Å². The monoisotopic (exact) mass is 635 g/mol. The number of carbonyl (C=O) groups excluding carboxylic acids is 1.